The number of urea groups is 1. The van der Waals surface area contributed by atoms with Crippen LogP contribution < -0.4 is 5.32 Å². The SMILES string of the molecule is CS(=O)(=O)N1CCC(NC(=O)N2CCC(c3cc4ccccc4[nH]3)CC2)CC1. The normalized spacial score (nSPS) is 20.5. The van der Waals surface area contributed by atoms with Gasteiger partial charge in [0.05, 0.1) is 6.26 Å². The lowest BCUT2D eigenvalue weighted by molar-refractivity contribution is 0.172. The molecule has 2 amide bonds. The lowest BCUT2D eigenvalue weighted by Crippen LogP contribution is -2.51. The maximum Gasteiger partial charge on any atom is 0.317 e. The average molecular weight is 405 g/mol. The van der Waals surface area contributed by atoms with Gasteiger partial charge in [-0.3, -0.25) is 0 Å². The number of benzene rings is 1. The van der Waals surface area contributed by atoms with Gasteiger partial charge in [0.25, 0.3) is 0 Å². The van der Waals surface area contributed by atoms with Crippen LogP contribution in [-0.4, -0.2) is 67.1 Å². The van der Waals surface area contributed by atoms with Gasteiger partial charge in [-0.1, -0.05) is 18.2 Å². The molecule has 1 aromatic carbocycles. The number of piperidine rings is 2. The third-order valence-electron chi connectivity index (χ3n) is 6.02. The number of hydrogen-bond acceptors (Lipinski definition) is 3. The minimum atomic E-state index is -3.13. The highest BCUT2D eigenvalue weighted by atomic mass is 32.2. The number of fused-ring (bicyclic) bond motifs is 1. The Kier molecular flexibility index (Phi) is 5.33. The maximum absolute atomic E-state index is 12.6. The Morgan fingerprint density at radius 3 is 2.39 bits per heavy atom. The lowest BCUT2D eigenvalue weighted by atomic mass is 9.93. The molecule has 28 heavy (non-hydrogen) atoms. The van der Waals surface area contributed by atoms with Crippen LogP contribution in [-0.2, 0) is 10.0 Å². The van der Waals surface area contributed by atoms with Gasteiger partial charge in [0.2, 0.25) is 10.0 Å². The first-order chi connectivity index (χ1) is 13.4. The fourth-order valence-corrected chi connectivity index (χ4v) is 5.18. The topological polar surface area (TPSA) is 85.5 Å². The van der Waals surface area contributed by atoms with Crippen LogP contribution in [0.3, 0.4) is 0 Å². The van der Waals surface area contributed by atoms with Gasteiger partial charge >= 0.3 is 6.03 Å². The third kappa shape index (κ3) is 4.17. The molecule has 1 aromatic heterocycles. The molecule has 2 fully saturated rings. The van der Waals surface area contributed by atoms with E-state index in [0.29, 0.717) is 31.8 Å². The molecule has 0 atom stereocenters. The zero-order chi connectivity index (χ0) is 19.7. The number of sulfonamides is 1. The summed E-state index contributed by atoms with van der Waals surface area (Å²) in [4.78, 5) is 18.0. The van der Waals surface area contributed by atoms with Crippen molar-refractivity contribution in [2.75, 3.05) is 32.4 Å². The number of likely N-dealkylation sites (tertiary alicyclic amines) is 1. The van der Waals surface area contributed by atoms with Crippen molar-refractivity contribution in [3.63, 3.8) is 0 Å². The van der Waals surface area contributed by atoms with Crippen LogP contribution in [0, 0.1) is 0 Å². The quantitative estimate of drug-likeness (QED) is 0.824. The molecule has 0 unspecified atom stereocenters. The number of hydrogen-bond donors (Lipinski definition) is 2. The molecule has 2 aromatic rings. The number of rotatable bonds is 3. The standard InChI is InChI=1S/C20H28N4O3S/c1-28(26,27)24-12-8-17(9-13-24)21-20(25)23-10-6-15(7-11-23)19-14-16-4-2-3-5-18(16)22-19/h2-5,14-15,17,22H,6-13H2,1H3,(H,21,25). The van der Waals surface area contributed by atoms with Crippen molar-refractivity contribution in [1.82, 2.24) is 19.5 Å². The lowest BCUT2D eigenvalue weighted by Gasteiger charge is -2.35. The van der Waals surface area contributed by atoms with Crippen LogP contribution >= 0.6 is 0 Å². The van der Waals surface area contributed by atoms with E-state index in [1.807, 2.05) is 17.0 Å². The summed E-state index contributed by atoms with van der Waals surface area (Å²) < 4.78 is 24.7. The van der Waals surface area contributed by atoms with Gasteiger partial charge in [-0.25, -0.2) is 17.5 Å². The van der Waals surface area contributed by atoms with Crippen LogP contribution in [0.5, 0.6) is 0 Å². The zero-order valence-corrected chi connectivity index (χ0v) is 17.0. The Morgan fingerprint density at radius 2 is 1.75 bits per heavy atom. The van der Waals surface area contributed by atoms with E-state index in [1.54, 1.807) is 0 Å². The van der Waals surface area contributed by atoms with Crippen LogP contribution in [0.15, 0.2) is 30.3 Å². The van der Waals surface area contributed by atoms with Gasteiger partial charge in [-0.15, -0.1) is 0 Å². The smallest absolute Gasteiger partial charge is 0.317 e. The van der Waals surface area contributed by atoms with Gasteiger partial charge in [0.1, 0.15) is 0 Å². The van der Waals surface area contributed by atoms with Gasteiger partial charge in [0, 0.05) is 49.3 Å². The first kappa shape index (κ1) is 19.3. The molecule has 0 spiro atoms. The van der Waals surface area contributed by atoms with Crippen molar-refractivity contribution in [2.24, 2.45) is 0 Å². The van der Waals surface area contributed by atoms with E-state index >= 15 is 0 Å². The number of amides is 2. The molecular weight excluding hydrogens is 376 g/mol. The molecule has 7 nitrogen and oxygen atoms in total. The van der Waals surface area contributed by atoms with E-state index in [0.717, 1.165) is 31.4 Å². The predicted octanol–water partition coefficient (Wildman–Crippen LogP) is 2.48. The van der Waals surface area contributed by atoms with Crippen molar-refractivity contribution in [3.05, 3.63) is 36.0 Å². The van der Waals surface area contributed by atoms with Crippen molar-refractivity contribution < 1.29 is 13.2 Å². The van der Waals surface area contributed by atoms with Crippen molar-refractivity contribution in [2.45, 2.75) is 37.6 Å². The Hall–Kier alpha value is -2.06. The molecule has 0 radical (unpaired) electrons. The highest BCUT2D eigenvalue weighted by molar-refractivity contribution is 7.88. The van der Waals surface area contributed by atoms with E-state index < -0.39 is 10.0 Å². The molecule has 0 bridgehead atoms. The zero-order valence-electron chi connectivity index (χ0n) is 16.2. The molecular formula is C20H28N4O3S. The van der Waals surface area contributed by atoms with Crippen molar-refractivity contribution in [3.8, 4) is 0 Å². The second kappa shape index (κ2) is 7.75. The molecule has 0 saturated carbocycles. The van der Waals surface area contributed by atoms with Crippen LogP contribution in [0.4, 0.5) is 4.79 Å². The average Bonchev–Trinajstić information content (AvgIpc) is 3.12. The summed E-state index contributed by atoms with van der Waals surface area (Å²) in [6.45, 7) is 2.45. The molecule has 2 saturated heterocycles. The number of carbonyl (C=O) groups excluding carboxylic acids is 1. The summed E-state index contributed by atoms with van der Waals surface area (Å²) in [5.41, 5.74) is 2.42. The Morgan fingerprint density at radius 1 is 1.07 bits per heavy atom. The molecule has 2 aliphatic rings. The highest BCUT2D eigenvalue weighted by Crippen LogP contribution is 2.30. The summed E-state index contributed by atoms with van der Waals surface area (Å²) in [7, 11) is -3.13. The van der Waals surface area contributed by atoms with Gasteiger partial charge in [-0.05, 0) is 43.2 Å². The highest BCUT2D eigenvalue weighted by Gasteiger charge is 2.29. The Bertz CT molecular complexity index is 906. The number of nitrogens with zero attached hydrogens (tertiary/aromatic N) is 2. The molecule has 8 heteroatoms. The number of carbonyl (C=O) groups is 1. The minimum absolute atomic E-state index is 0.0205. The summed E-state index contributed by atoms with van der Waals surface area (Å²) in [6.07, 6.45) is 4.48. The van der Waals surface area contributed by atoms with E-state index in [-0.39, 0.29) is 12.1 Å². The van der Waals surface area contributed by atoms with Crippen LogP contribution in [0.1, 0.15) is 37.3 Å². The number of nitrogens with one attached hydrogen (secondary N) is 2. The van der Waals surface area contributed by atoms with Gasteiger partial charge in [0.15, 0.2) is 0 Å². The summed E-state index contributed by atoms with van der Waals surface area (Å²) >= 11 is 0. The third-order valence-corrected chi connectivity index (χ3v) is 7.33. The second-order valence-corrected chi connectivity index (χ2v) is 9.94. The van der Waals surface area contributed by atoms with E-state index in [2.05, 4.69) is 28.5 Å². The second-order valence-electron chi connectivity index (χ2n) is 7.96. The minimum Gasteiger partial charge on any atom is -0.358 e. The summed E-state index contributed by atoms with van der Waals surface area (Å²) in [5.74, 6) is 0.453. The number of aromatic nitrogens is 1. The van der Waals surface area contributed by atoms with Gasteiger partial charge in [-0.2, -0.15) is 0 Å². The first-order valence-electron chi connectivity index (χ1n) is 9.98. The summed E-state index contributed by atoms with van der Waals surface area (Å²) in [6, 6.07) is 10.6. The molecule has 2 aliphatic heterocycles. The van der Waals surface area contributed by atoms with Crippen LogP contribution in [0.2, 0.25) is 0 Å². The number of H-pyrrole nitrogens is 1. The molecule has 3 heterocycles. The van der Waals surface area contributed by atoms with E-state index in [1.165, 1.54) is 21.6 Å². The molecule has 4 rings (SSSR count). The van der Waals surface area contributed by atoms with Crippen LogP contribution in [0.25, 0.3) is 10.9 Å². The summed E-state index contributed by atoms with van der Waals surface area (Å²) in [5, 5.41) is 4.33. The number of aromatic amines is 1. The predicted molar refractivity (Wildman–Crippen MR) is 110 cm³/mol. The Balaban J connectivity index is 1.27. The van der Waals surface area contributed by atoms with E-state index in [4.69, 9.17) is 0 Å². The van der Waals surface area contributed by atoms with Crippen molar-refractivity contribution >= 4 is 27.0 Å². The fourth-order valence-electron chi connectivity index (χ4n) is 4.31. The fraction of sp³-hybridized carbons (Fsp3) is 0.550. The first-order valence-corrected chi connectivity index (χ1v) is 11.8. The van der Waals surface area contributed by atoms with E-state index in [9.17, 15) is 13.2 Å². The maximum atomic E-state index is 12.6. The monoisotopic (exact) mass is 404 g/mol. The number of para-hydroxylation sites is 1. The molecule has 2 N–H and O–H groups in total. The Labute approximate surface area is 166 Å². The largest absolute Gasteiger partial charge is 0.358 e. The molecule has 0 aliphatic carbocycles. The van der Waals surface area contributed by atoms with Crippen molar-refractivity contribution in [1.29, 1.82) is 0 Å². The molecule has 152 valence electrons. The van der Waals surface area contributed by atoms with Gasteiger partial charge < -0.3 is 15.2 Å².